The summed E-state index contributed by atoms with van der Waals surface area (Å²) >= 11 is 0. The van der Waals surface area contributed by atoms with Crippen molar-refractivity contribution in [2.24, 2.45) is 11.8 Å². The summed E-state index contributed by atoms with van der Waals surface area (Å²) in [7, 11) is 1.57. The number of benzene rings is 1. The number of rotatable bonds is 6. The van der Waals surface area contributed by atoms with Gasteiger partial charge in [-0.1, -0.05) is 31.9 Å². The average molecular weight is 393 g/mol. The van der Waals surface area contributed by atoms with Crippen molar-refractivity contribution in [2.75, 3.05) is 26.7 Å². The van der Waals surface area contributed by atoms with Gasteiger partial charge in [0, 0.05) is 25.7 Å². The maximum absolute atomic E-state index is 14.6. The average Bonchev–Trinajstić information content (AvgIpc) is 3.24. The van der Waals surface area contributed by atoms with Gasteiger partial charge in [-0.15, -0.1) is 0 Å². The number of hydrogen-bond donors (Lipinski definition) is 1. The van der Waals surface area contributed by atoms with E-state index in [0.717, 1.165) is 31.8 Å². The molecule has 1 amide bonds. The summed E-state index contributed by atoms with van der Waals surface area (Å²) in [4.78, 5) is 14.4. The van der Waals surface area contributed by atoms with Crippen LogP contribution in [-0.2, 0) is 6.54 Å². The Morgan fingerprint density at radius 1 is 1.29 bits per heavy atom. The van der Waals surface area contributed by atoms with Crippen molar-refractivity contribution in [1.29, 1.82) is 0 Å². The SMILES string of the molecule is CC1CC1.CN(CC1CC(Oc2cccc(CN3CCCC3)c2F)C1)C(=O)O. The van der Waals surface area contributed by atoms with Gasteiger partial charge in [-0.25, -0.2) is 9.18 Å². The molecule has 5 nitrogen and oxygen atoms in total. The summed E-state index contributed by atoms with van der Waals surface area (Å²) in [5.41, 5.74) is 0.691. The Hall–Kier alpha value is -1.82. The molecule has 0 spiro atoms. The lowest BCUT2D eigenvalue weighted by Crippen LogP contribution is -2.41. The van der Waals surface area contributed by atoms with Crippen LogP contribution < -0.4 is 4.74 Å². The smallest absolute Gasteiger partial charge is 0.407 e. The minimum absolute atomic E-state index is 0.0197. The normalized spacial score (nSPS) is 24.1. The molecule has 1 heterocycles. The molecule has 0 atom stereocenters. The number of amides is 1. The lowest BCUT2D eigenvalue weighted by Gasteiger charge is -2.37. The first kappa shape index (κ1) is 20.9. The molecule has 1 aromatic carbocycles. The Labute approximate surface area is 167 Å². The van der Waals surface area contributed by atoms with Gasteiger partial charge in [-0.05, 0) is 56.7 Å². The first-order valence-corrected chi connectivity index (χ1v) is 10.5. The molecule has 0 radical (unpaired) electrons. The van der Waals surface area contributed by atoms with E-state index in [-0.39, 0.29) is 11.9 Å². The fraction of sp³-hybridized carbons (Fsp3) is 0.682. The third kappa shape index (κ3) is 6.09. The van der Waals surface area contributed by atoms with Crippen LogP contribution in [0.1, 0.15) is 51.0 Å². The summed E-state index contributed by atoms with van der Waals surface area (Å²) in [6.07, 6.45) is 5.95. The molecule has 0 aromatic heterocycles. The van der Waals surface area contributed by atoms with Crippen LogP contribution in [0.15, 0.2) is 18.2 Å². The molecule has 2 saturated carbocycles. The topological polar surface area (TPSA) is 53.0 Å². The summed E-state index contributed by atoms with van der Waals surface area (Å²) in [5, 5.41) is 8.88. The van der Waals surface area contributed by atoms with Crippen molar-refractivity contribution < 1.29 is 19.0 Å². The summed E-state index contributed by atoms with van der Waals surface area (Å²) < 4.78 is 20.4. The predicted molar refractivity (Wildman–Crippen MR) is 107 cm³/mol. The highest BCUT2D eigenvalue weighted by Crippen LogP contribution is 2.33. The van der Waals surface area contributed by atoms with Gasteiger partial charge < -0.3 is 14.7 Å². The van der Waals surface area contributed by atoms with Crippen LogP contribution in [0, 0.1) is 17.7 Å². The summed E-state index contributed by atoms with van der Waals surface area (Å²) in [6, 6.07) is 5.35. The zero-order valence-electron chi connectivity index (χ0n) is 17.1. The maximum Gasteiger partial charge on any atom is 0.407 e. The van der Waals surface area contributed by atoms with Gasteiger partial charge in [0.25, 0.3) is 0 Å². The third-order valence-electron chi connectivity index (χ3n) is 5.85. The van der Waals surface area contributed by atoms with Crippen molar-refractivity contribution in [2.45, 2.75) is 58.1 Å². The molecule has 4 rings (SSSR count). The van der Waals surface area contributed by atoms with E-state index in [1.165, 1.54) is 30.6 Å². The van der Waals surface area contributed by atoms with Gasteiger partial charge in [0.2, 0.25) is 0 Å². The highest BCUT2D eigenvalue weighted by Gasteiger charge is 2.33. The van der Waals surface area contributed by atoms with E-state index in [1.807, 2.05) is 12.1 Å². The number of hydrogen-bond acceptors (Lipinski definition) is 3. The number of carboxylic acid groups (broad SMARTS) is 1. The quantitative estimate of drug-likeness (QED) is 0.768. The zero-order chi connectivity index (χ0) is 20.1. The molecule has 156 valence electrons. The first-order valence-electron chi connectivity index (χ1n) is 10.5. The minimum Gasteiger partial charge on any atom is -0.487 e. The molecule has 6 heteroatoms. The Balaban J connectivity index is 0.000000500. The van der Waals surface area contributed by atoms with Gasteiger partial charge in [0.05, 0.1) is 6.10 Å². The number of carbonyl (C=O) groups is 1. The van der Waals surface area contributed by atoms with E-state index in [2.05, 4.69) is 11.8 Å². The molecule has 1 aromatic rings. The van der Waals surface area contributed by atoms with E-state index >= 15 is 0 Å². The van der Waals surface area contributed by atoms with Crippen molar-refractivity contribution in [1.82, 2.24) is 9.80 Å². The highest BCUT2D eigenvalue weighted by atomic mass is 19.1. The number of nitrogens with zero attached hydrogens (tertiary/aromatic N) is 2. The maximum atomic E-state index is 14.6. The molecule has 1 aliphatic heterocycles. The van der Waals surface area contributed by atoms with Crippen LogP contribution in [0.3, 0.4) is 0 Å². The first-order chi connectivity index (χ1) is 13.4. The summed E-state index contributed by atoms with van der Waals surface area (Å²) in [6.45, 7) is 5.49. The van der Waals surface area contributed by atoms with E-state index < -0.39 is 6.09 Å². The lowest BCUT2D eigenvalue weighted by atomic mass is 9.82. The van der Waals surface area contributed by atoms with Crippen LogP contribution in [-0.4, -0.2) is 53.8 Å². The molecule has 3 fully saturated rings. The molecule has 28 heavy (non-hydrogen) atoms. The largest absolute Gasteiger partial charge is 0.487 e. The van der Waals surface area contributed by atoms with Gasteiger partial charge in [-0.3, -0.25) is 4.90 Å². The van der Waals surface area contributed by atoms with Crippen molar-refractivity contribution in [3.8, 4) is 5.75 Å². The molecule has 0 bridgehead atoms. The van der Waals surface area contributed by atoms with Crippen LogP contribution >= 0.6 is 0 Å². The Kier molecular flexibility index (Phi) is 7.16. The second-order valence-electron chi connectivity index (χ2n) is 8.64. The molecule has 1 N–H and O–H groups in total. The number of halogens is 1. The highest BCUT2D eigenvalue weighted by molar-refractivity contribution is 5.64. The fourth-order valence-electron chi connectivity index (χ4n) is 3.68. The number of ether oxygens (including phenoxy) is 1. The van der Waals surface area contributed by atoms with E-state index in [9.17, 15) is 9.18 Å². The van der Waals surface area contributed by atoms with Gasteiger partial charge in [0.1, 0.15) is 0 Å². The zero-order valence-corrected chi connectivity index (χ0v) is 17.1. The number of likely N-dealkylation sites (tertiary alicyclic amines) is 1. The van der Waals surface area contributed by atoms with Crippen LogP contribution in [0.5, 0.6) is 5.75 Å². The van der Waals surface area contributed by atoms with Gasteiger partial charge in [0.15, 0.2) is 11.6 Å². The van der Waals surface area contributed by atoms with Crippen molar-refractivity contribution in [3.05, 3.63) is 29.6 Å². The predicted octanol–water partition coefficient (Wildman–Crippen LogP) is 4.61. The molecule has 0 unspecified atom stereocenters. The molecule has 3 aliphatic rings. The van der Waals surface area contributed by atoms with Crippen molar-refractivity contribution >= 4 is 6.09 Å². The second-order valence-corrected chi connectivity index (χ2v) is 8.64. The Bertz CT molecular complexity index is 653. The monoisotopic (exact) mass is 392 g/mol. The van der Waals surface area contributed by atoms with Crippen LogP contribution in [0.25, 0.3) is 0 Å². The third-order valence-corrected chi connectivity index (χ3v) is 5.85. The van der Waals surface area contributed by atoms with Crippen molar-refractivity contribution in [3.63, 3.8) is 0 Å². The molecule has 2 aliphatic carbocycles. The van der Waals surface area contributed by atoms with E-state index in [1.54, 1.807) is 13.1 Å². The van der Waals surface area contributed by atoms with Crippen LogP contribution in [0.2, 0.25) is 0 Å². The Morgan fingerprint density at radius 2 is 1.93 bits per heavy atom. The minimum atomic E-state index is -0.917. The standard InChI is InChI=1S/C18H25FN2O3.C4H8/c1-20(18(22)23)11-13-9-15(10-13)24-16-6-4-5-14(17(16)19)12-21-7-2-3-8-21;1-4-2-3-4/h4-6,13,15H,2-3,7-12H2,1H3,(H,22,23);4H,2-3H2,1H3. The lowest BCUT2D eigenvalue weighted by molar-refractivity contribution is 0.0446. The van der Waals surface area contributed by atoms with E-state index in [0.29, 0.717) is 30.3 Å². The molecule has 1 saturated heterocycles. The fourth-order valence-corrected chi connectivity index (χ4v) is 3.68. The second kappa shape index (κ2) is 9.59. The molecular formula is C22H33FN2O3. The Morgan fingerprint density at radius 3 is 2.50 bits per heavy atom. The van der Waals surface area contributed by atoms with Crippen LogP contribution in [0.4, 0.5) is 9.18 Å². The van der Waals surface area contributed by atoms with E-state index in [4.69, 9.17) is 9.84 Å². The summed E-state index contributed by atoms with van der Waals surface area (Å²) in [5.74, 6) is 1.45. The molecular weight excluding hydrogens is 359 g/mol. The van der Waals surface area contributed by atoms with Gasteiger partial charge >= 0.3 is 6.09 Å². The van der Waals surface area contributed by atoms with Gasteiger partial charge in [-0.2, -0.15) is 0 Å².